The number of aliphatic imine (C=N–C) groups is 1. The summed E-state index contributed by atoms with van der Waals surface area (Å²) in [4.78, 5) is 7.07. The van der Waals surface area contributed by atoms with Crippen molar-refractivity contribution in [3.8, 4) is 0 Å². The number of aliphatic hydroxyl groups is 1. The highest BCUT2D eigenvalue weighted by atomic mass is 16.3. The second kappa shape index (κ2) is 9.64. The molecule has 1 unspecified atom stereocenters. The molecule has 0 radical (unpaired) electrons. The van der Waals surface area contributed by atoms with Crippen molar-refractivity contribution in [1.29, 1.82) is 0 Å². The predicted molar refractivity (Wildman–Crippen MR) is 100 cm³/mol. The number of rotatable bonds is 7. The first-order valence-corrected chi connectivity index (χ1v) is 9.14. The summed E-state index contributed by atoms with van der Waals surface area (Å²) in [6.45, 7) is 9.33. The second-order valence-corrected chi connectivity index (χ2v) is 6.66. The Bertz CT molecular complexity index is 495. The molecule has 1 aliphatic rings. The molecule has 5 heteroatoms. The van der Waals surface area contributed by atoms with Gasteiger partial charge < -0.3 is 20.6 Å². The van der Waals surface area contributed by atoms with Gasteiger partial charge in [-0.05, 0) is 45.3 Å². The SMILES string of the molecule is CCNC(=NCC(C)(O)c1ccccc1)NCCN1CCCCC1. The number of hydrogen-bond acceptors (Lipinski definition) is 3. The quantitative estimate of drug-likeness (QED) is 0.527. The second-order valence-electron chi connectivity index (χ2n) is 6.66. The molecular formula is C19H32N4O. The summed E-state index contributed by atoms with van der Waals surface area (Å²) < 4.78 is 0. The summed E-state index contributed by atoms with van der Waals surface area (Å²) in [5.74, 6) is 0.769. The van der Waals surface area contributed by atoms with Gasteiger partial charge in [0.2, 0.25) is 0 Å². The molecular weight excluding hydrogens is 300 g/mol. The molecule has 1 saturated heterocycles. The molecule has 1 heterocycles. The standard InChI is InChI=1S/C19H32N4O/c1-3-20-18(21-12-15-23-13-8-5-9-14-23)22-16-19(2,24)17-10-6-4-7-11-17/h4,6-7,10-11,24H,3,5,8-9,12-16H2,1-2H3,(H2,20,21,22). The van der Waals surface area contributed by atoms with E-state index in [9.17, 15) is 5.11 Å². The van der Waals surface area contributed by atoms with Crippen molar-refractivity contribution < 1.29 is 5.11 Å². The lowest BCUT2D eigenvalue weighted by molar-refractivity contribution is 0.0672. The smallest absolute Gasteiger partial charge is 0.191 e. The van der Waals surface area contributed by atoms with Crippen LogP contribution in [0.2, 0.25) is 0 Å². The molecule has 0 aromatic heterocycles. The van der Waals surface area contributed by atoms with Crippen LogP contribution in [0.4, 0.5) is 0 Å². The third kappa shape index (κ3) is 6.13. The molecule has 0 bridgehead atoms. The first-order chi connectivity index (χ1) is 11.6. The van der Waals surface area contributed by atoms with E-state index in [0.717, 1.165) is 31.2 Å². The van der Waals surface area contributed by atoms with Crippen molar-refractivity contribution in [3.05, 3.63) is 35.9 Å². The Morgan fingerprint density at radius 2 is 1.88 bits per heavy atom. The van der Waals surface area contributed by atoms with Gasteiger partial charge in [-0.1, -0.05) is 36.8 Å². The van der Waals surface area contributed by atoms with E-state index in [1.807, 2.05) is 37.3 Å². The summed E-state index contributed by atoms with van der Waals surface area (Å²) in [5.41, 5.74) is -0.0749. The molecule has 134 valence electrons. The zero-order valence-electron chi connectivity index (χ0n) is 15.1. The topological polar surface area (TPSA) is 59.9 Å². The van der Waals surface area contributed by atoms with E-state index in [1.54, 1.807) is 0 Å². The van der Waals surface area contributed by atoms with E-state index < -0.39 is 5.60 Å². The average Bonchev–Trinajstić information content (AvgIpc) is 2.61. The molecule has 1 atom stereocenters. The van der Waals surface area contributed by atoms with Gasteiger partial charge in [0, 0.05) is 19.6 Å². The third-order valence-electron chi connectivity index (χ3n) is 4.45. The van der Waals surface area contributed by atoms with Crippen LogP contribution in [0.1, 0.15) is 38.7 Å². The van der Waals surface area contributed by atoms with Crippen LogP contribution in [0.25, 0.3) is 0 Å². The van der Waals surface area contributed by atoms with Gasteiger partial charge in [-0.3, -0.25) is 0 Å². The minimum Gasteiger partial charge on any atom is -0.384 e. The van der Waals surface area contributed by atoms with Gasteiger partial charge in [-0.15, -0.1) is 0 Å². The largest absolute Gasteiger partial charge is 0.384 e. The fourth-order valence-corrected chi connectivity index (χ4v) is 2.98. The van der Waals surface area contributed by atoms with Crippen molar-refractivity contribution in [2.24, 2.45) is 4.99 Å². The Balaban J connectivity index is 1.85. The van der Waals surface area contributed by atoms with Gasteiger partial charge >= 0.3 is 0 Å². The Kier molecular flexibility index (Phi) is 7.53. The van der Waals surface area contributed by atoms with E-state index in [0.29, 0.717) is 6.54 Å². The lowest BCUT2D eigenvalue weighted by Gasteiger charge is -2.27. The number of likely N-dealkylation sites (tertiary alicyclic amines) is 1. The lowest BCUT2D eigenvalue weighted by atomic mass is 9.96. The van der Waals surface area contributed by atoms with E-state index in [2.05, 4.69) is 27.4 Å². The Morgan fingerprint density at radius 3 is 2.54 bits per heavy atom. The number of benzene rings is 1. The lowest BCUT2D eigenvalue weighted by Crippen LogP contribution is -2.43. The molecule has 1 aromatic rings. The summed E-state index contributed by atoms with van der Waals surface area (Å²) in [5, 5.41) is 17.3. The van der Waals surface area contributed by atoms with Crippen molar-refractivity contribution in [2.45, 2.75) is 38.7 Å². The summed E-state index contributed by atoms with van der Waals surface area (Å²) >= 11 is 0. The normalized spacial score (nSPS) is 18.9. The van der Waals surface area contributed by atoms with Crippen molar-refractivity contribution in [3.63, 3.8) is 0 Å². The maximum atomic E-state index is 10.7. The molecule has 0 saturated carbocycles. The zero-order valence-corrected chi connectivity index (χ0v) is 15.1. The number of hydrogen-bond donors (Lipinski definition) is 3. The van der Waals surface area contributed by atoms with Crippen molar-refractivity contribution in [1.82, 2.24) is 15.5 Å². The van der Waals surface area contributed by atoms with Gasteiger partial charge in [0.05, 0.1) is 6.54 Å². The number of piperidine rings is 1. The molecule has 1 aliphatic heterocycles. The van der Waals surface area contributed by atoms with Gasteiger partial charge in [-0.2, -0.15) is 0 Å². The monoisotopic (exact) mass is 332 g/mol. The van der Waals surface area contributed by atoms with Crippen LogP contribution in [0.5, 0.6) is 0 Å². The van der Waals surface area contributed by atoms with Gasteiger partial charge in [0.15, 0.2) is 5.96 Å². The zero-order chi connectivity index (χ0) is 17.3. The minimum absolute atomic E-state index is 0.329. The molecule has 0 amide bonds. The van der Waals surface area contributed by atoms with Crippen LogP contribution in [0.15, 0.2) is 35.3 Å². The first-order valence-electron chi connectivity index (χ1n) is 9.14. The molecule has 1 aromatic carbocycles. The highest BCUT2D eigenvalue weighted by molar-refractivity contribution is 5.79. The fraction of sp³-hybridized carbons (Fsp3) is 0.632. The average molecular weight is 332 g/mol. The van der Waals surface area contributed by atoms with Crippen LogP contribution in [-0.4, -0.2) is 55.2 Å². The summed E-state index contributed by atoms with van der Waals surface area (Å²) in [6, 6.07) is 9.71. The van der Waals surface area contributed by atoms with E-state index >= 15 is 0 Å². The van der Waals surface area contributed by atoms with Crippen LogP contribution in [0, 0.1) is 0 Å². The van der Waals surface area contributed by atoms with E-state index in [4.69, 9.17) is 0 Å². The number of guanidine groups is 1. The first kappa shape index (κ1) is 18.7. The molecule has 2 rings (SSSR count). The Hall–Kier alpha value is -1.59. The van der Waals surface area contributed by atoms with Gasteiger partial charge in [0.25, 0.3) is 0 Å². The molecule has 1 fully saturated rings. The van der Waals surface area contributed by atoms with E-state index in [-0.39, 0.29) is 0 Å². The minimum atomic E-state index is -0.962. The molecule has 3 N–H and O–H groups in total. The Morgan fingerprint density at radius 1 is 1.17 bits per heavy atom. The predicted octanol–water partition coefficient (Wildman–Crippen LogP) is 1.94. The number of nitrogens with zero attached hydrogens (tertiary/aromatic N) is 2. The van der Waals surface area contributed by atoms with Gasteiger partial charge in [-0.25, -0.2) is 4.99 Å². The van der Waals surface area contributed by atoms with E-state index in [1.165, 1.54) is 32.4 Å². The summed E-state index contributed by atoms with van der Waals surface area (Å²) in [6.07, 6.45) is 3.99. The number of nitrogens with one attached hydrogen (secondary N) is 2. The summed E-state index contributed by atoms with van der Waals surface area (Å²) in [7, 11) is 0. The molecule has 24 heavy (non-hydrogen) atoms. The molecule has 0 spiro atoms. The van der Waals surface area contributed by atoms with Crippen molar-refractivity contribution >= 4 is 5.96 Å². The molecule has 5 nitrogen and oxygen atoms in total. The van der Waals surface area contributed by atoms with Crippen molar-refractivity contribution in [2.75, 3.05) is 39.3 Å². The highest BCUT2D eigenvalue weighted by Gasteiger charge is 2.22. The Labute approximate surface area is 146 Å². The van der Waals surface area contributed by atoms with Gasteiger partial charge in [0.1, 0.15) is 5.60 Å². The third-order valence-corrected chi connectivity index (χ3v) is 4.45. The fourth-order valence-electron chi connectivity index (χ4n) is 2.98. The molecule has 0 aliphatic carbocycles. The highest BCUT2D eigenvalue weighted by Crippen LogP contribution is 2.20. The van der Waals surface area contributed by atoms with Crippen LogP contribution in [-0.2, 0) is 5.60 Å². The van der Waals surface area contributed by atoms with Crippen LogP contribution < -0.4 is 10.6 Å². The maximum Gasteiger partial charge on any atom is 0.191 e. The maximum absolute atomic E-state index is 10.7. The van der Waals surface area contributed by atoms with Crippen LogP contribution >= 0.6 is 0 Å². The van der Waals surface area contributed by atoms with Crippen LogP contribution in [0.3, 0.4) is 0 Å².